The molecule has 1 N–H and O–H groups in total. The number of nitriles is 1. The van der Waals surface area contributed by atoms with Crippen molar-refractivity contribution in [1.82, 2.24) is 5.32 Å². The average molecular weight is 405 g/mol. The number of carbonyl (C=O) groups excluding carboxylic acids is 2. The largest absolute Gasteiger partial charge is 0.449 e. The Morgan fingerprint density at radius 1 is 1.28 bits per heavy atom. The zero-order valence-electron chi connectivity index (χ0n) is 14.1. The number of nitrogens with one attached hydrogen (secondary N) is 1. The number of esters is 1. The van der Waals surface area contributed by atoms with Crippen LogP contribution in [0.25, 0.3) is 6.08 Å². The Hall–Kier alpha value is -2.13. The molecule has 0 aromatic heterocycles. The lowest BCUT2D eigenvalue weighted by atomic mass is 9.83. The average Bonchev–Trinajstić information content (AvgIpc) is 2.62. The van der Waals surface area contributed by atoms with E-state index in [2.05, 4.69) is 27.3 Å². The van der Waals surface area contributed by atoms with E-state index in [1.165, 1.54) is 13.0 Å². The van der Waals surface area contributed by atoms with Crippen LogP contribution in [0, 0.1) is 11.3 Å². The Bertz CT molecular complexity index is 686. The first kappa shape index (κ1) is 19.2. The number of amides is 1. The van der Waals surface area contributed by atoms with Crippen LogP contribution in [0.3, 0.4) is 0 Å². The zero-order chi connectivity index (χ0) is 18.3. The molecule has 1 aromatic rings. The van der Waals surface area contributed by atoms with Gasteiger partial charge in [-0.05, 0) is 43.5 Å². The summed E-state index contributed by atoms with van der Waals surface area (Å²) in [7, 11) is 0. The summed E-state index contributed by atoms with van der Waals surface area (Å²) in [4.78, 5) is 24.1. The van der Waals surface area contributed by atoms with Crippen molar-refractivity contribution in [2.45, 2.75) is 50.7 Å². The summed E-state index contributed by atoms with van der Waals surface area (Å²) in [6, 6.07) is 9.65. The summed E-state index contributed by atoms with van der Waals surface area (Å²) in [6.07, 6.45) is 6.14. The van der Waals surface area contributed by atoms with Gasteiger partial charge in [-0.15, -0.1) is 0 Å². The molecule has 6 heteroatoms. The molecule has 25 heavy (non-hydrogen) atoms. The third-order valence-electron chi connectivity index (χ3n) is 4.23. The molecule has 0 radical (unpaired) electrons. The van der Waals surface area contributed by atoms with Gasteiger partial charge in [0, 0.05) is 10.5 Å². The van der Waals surface area contributed by atoms with E-state index >= 15 is 0 Å². The highest BCUT2D eigenvalue weighted by atomic mass is 79.9. The SMILES string of the molecule is C[C@H](OC(=O)/C=C/c1ccc(Br)cc1)C(=O)NC1(C#N)CCCCC1. The molecule has 5 nitrogen and oxygen atoms in total. The Kier molecular flexibility index (Phi) is 6.77. The molecular formula is C19H21BrN2O3. The van der Waals surface area contributed by atoms with E-state index in [-0.39, 0.29) is 0 Å². The minimum atomic E-state index is -0.950. The Balaban J connectivity index is 1.88. The van der Waals surface area contributed by atoms with Crippen LogP contribution >= 0.6 is 15.9 Å². The van der Waals surface area contributed by atoms with Crippen LogP contribution in [0.2, 0.25) is 0 Å². The first-order chi connectivity index (χ1) is 11.9. The molecule has 0 heterocycles. The monoisotopic (exact) mass is 404 g/mol. The highest BCUT2D eigenvalue weighted by molar-refractivity contribution is 9.10. The van der Waals surface area contributed by atoms with Gasteiger partial charge in [-0.3, -0.25) is 4.79 Å². The summed E-state index contributed by atoms with van der Waals surface area (Å²) < 4.78 is 6.08. The van der Waals surface area contributed by atoms with Crippen molar-refractivity contribution in [2.75, 3.05) is 0 Å². The van der Waals surface area contributed by atoms with E-state index in [4.69, 9.17) is 4.74 Å². The van der Waals surface area contributed by atoms with E-state index < -0.39 is 23.5 Å². The van der Waals surface area contributed by atoms with E-state index in [9.17, 15) is 14.9 Å². The standard InChI is InChI=1S/C19H21BrN2O3/c1-14(18(24)22-19(13-21)11-3-2-4-12-19)25-17(23)10-7-15-5-8-16(20)9-6-15/h5-10,14H,2-4,11-12H2,1H3,(H,22,24)/b10-7+/t14-/m0/s1. The van der Waals surface area contributed by atoms with Crippen LogP contribution in [-0.4, -0.2) is 23.5 Å². The van der Waals surface area contributed by atoms with Crippen molar-refractivity contribution in [3.05, 3.63) is 40.4 Å². The maximum Gasteiger partial charge on any atom is 0.331 e. The first-order valence-electron chi connectivity index (χ1n) is 8.32. The molecule has 0 spiro atoms. The second-order valence-electron chi connectivity index (χ2n) is 6.21. The van der Waals surface area contributed by atoms with Crippen molar-refractivity contribution in [2.24, 2.45) is 0 Å². The van der Waals surface area contributed by atoms with Crippen molar-refractivity contribution >= 4 is 33.9 Å². The summed E-state index contributed by atoms with van der Waals surface area (Å²) in [5.74, 6) is -1.03. The van der Waals surface area contributed by atoms with Gasteiger partial charge < -0.3 is 10.1 Å². The Morgan fingerprint density at radius 3 is 2.52 bits per heavy atom. The number of hydrogen-bond acceptors (Lipinski definition) is 4. The van der Waals surface area contributed by atoms with Gasteiger partial charge in [0.1, 0.15) is 5.54 Å². The minimum absolute atomic E-state index is 0.436. The van der Waals surface area contributed by atoms with Crippen LogP contribution < -0.4 is 5.32 Å². The number of benzene rings is 1. The van der Waals surface area contributed by atoms with E-state index in [0.717, 1.165) is 29.3 Å². The number of rotatable bonds is 5. The van der Waals surface area contributed by atoms with Crippen LogP contribution in [-0.2, 0) is 14.3 Å². The van der Waals surface area contributed by atoms with Gasteiger partial charge in [-0.25, -0.2) is 4.79 Å². The van der Waals surface area contributed by atoms with E-state index in [1.54, 1.807) is 6.08 Å². The fraction of sp³-hybridized carbons (Fsp3) is 0.421. The minimum Gasteiger partial charge on any atom is -0.449 e. The molecule has 132 valence electrons. The molecule has 1 aromatic carbocycles. The fourth-order valence-corrected chi connectivity index (χ4v) is 3.03. The maximum atomic E-state index is 12.3. The topological polar surface area (TPSA) is 79.2 Å². The predicted octanol–water partition coefficient (Wildman–Crippen LogP) is 3.74. The summed E-state index contributed by atoms with van der Waals surface area (Å²) in [5.41, 5.74) is 0.0198. The molecule has 1 amide bonds. The first-order valence-corrected chi connectivity index (χ1v) is 9.11. The summed E-state index contributed by atoms with van der Waals surface area (Å²) in [6.45, 7) is 1.51. The van der Waals surface area contributed by atoms with Gasteiger partial charge in [-0.1, -0.05) is 47.3 Å². The highest BCUT2D eigenvalue weighted by Crippen LogP contribution is 2.27. The molecule has 1 aliphatic carbocycles. The van der Waals surface area contributed by atoms with Gasteiger partial charge in [-0.2, -0.15) is 5.26 Å². The lowest BCUT2D eigenvalue weighted by Gasteiger charge is -2.32. The molecule has 0 saturated heterocycles. The molecule has 0 bridgehead atoms. The van der Waals surface area contributed by atoms with Gasteiger partial charge >= 0.3 is 5.97 Å². The van der Waals surface area contributed by atoms with Crippen molar-refractivity contribution in [1.29, 1.82) is 5.26 Å². The van der Waals surface area contributed by atoms with Crippen molar-refractivity contribution in [3.63, 3.8) is 0 Å². The third kappa shape index (κ3) is 5.71. The third-order valence-corrected chi connectivity index (χ3v) is 4.76. The van der Waals surface area contributed by atoms with Gasteiger partial charge in [0.15, 0.2) is 6.10 Å². The van der Waals surface area contributed by atoms with E-state index in [1.807, 2.05) is 24.3 Å². The number of nitrogens with zero attached hydrogens (tertiary/aromatic N) is 1. The molecule has 2 rings (SSSR count). The molecule has 0 unspecified atom stereocenters. The van der Waals surface area contributed by atoms with Gasteiger partial charge in [0.2, 0.25) is 0 Å². The van der Waals surface area contributed by atoms with Gasteiger partial charge in [0.05, 0.1) is 6.07 Å². The molecule has 1 saturated carbocycles. The van der Waals surface area contributed by atoms with Crippen LogP contribution in [0.15, 0.2) is 34.8 Å². The molecule has 1 aliphatic rings. The van der Waals surface area contributed by atoms with Crippen molar-refractivity contribution in [3.8, 4) is 6.07 Å². The molecule has 1 atom stereocenters. The van der Waals surface area contributed by atoms with Crippen LogP contribution in [0.4, 0.5) is 0 Å². The maximum absolute atomic E-state index is 12.3. The van der Waals surface area contributed by atoms with Crippen LogP contribution in [0.5, 0.6) is 0 Å². The summed E-state index contributed by atoms with van der Waals surface area (Å²) in [5, 5.41) is 12.2. The smallest absolute Gasteiger partial charge is 0.331 e. The lowest BCUT2D eigenvalue weighted by Crippen LogP contribution is -2.52. The number of carbonyl (C=O) groups is 2. The number of ether oxygens (including phenoxy) is 1. The van der Waals surface area contributed by atoms with Crippen LogP contribution in [0.1, 0.15) is 44.6 Å². The Labute approximate surface area is 156 Å². The second kappa shape index (κ2) is 8.82. The fourth-order valence-electron chi connectivity index (χ4n) is 2.76. The second-order valence-corrected chi connectivity index (χ2v) is 7.12. The number of hydrogen-bond donors (Lipinski definition) is 1. The van der Waals surface area contributed by atoms with Crippen molar-refractivity contribution < 1.29 is 14.3 Å². The lowest BCUT2D eigenvalue weighted by molar-refractivity contribution is -0.150. The number of halogens is 1. The predicted molar refractivity (Wildman–Crippen MR) is 98.3 cm³/mol. The summed E-state index contributed by atoms with van der Waals surface area (Å²) >= 11 is 3.34. The zero-order valence-corrected chi connectivity index (χ0v) is 15.7. The Morgan fingerprint density at radius 2 is 1.92 bits per heavy atom. The molecule has 0 aliphatic heterocycles. The van der Waals surface area contributed by atoms with Gasteiger partial charge in [0.25, 0.3) is 5.91 Å². The highest BCUT2D eigenvalue weighted by Gasteiger charge is 2.35. The molecular weight excluding hydrogens is 384 g/mol. The molecule has 1 fully saturated rings. The van der Waals surface area contributed by atoms with E-state index in [0.29, 0.717) is 12.8 Å². The normalized spacial score (nSPS) is 17.5. The quantitative estimate of drug-likeness (QED) is 0.598.